The van der Waals surface area contributed by atoms with E-state index in [-0.39, 0.29) is 0 Å². The zero-order valence-corrected chi connectivity index (χ0v) is 24.0. The number of aliphatic imine (C=N–C) groups is 1. The fraction of sp³-hybridized carbons (Fsp3) is 0.0270. The summed E-state index contributed by atoms with van der Waals surface area (Å²) in [7, 11) is 0. The summed E-state index contributed by atoms with van der Waals surface area (Å²) in [5.74, 6) is 0.772. The molecule has 8 aromatic rings. The van der Waals surface area contributed by atoms with Crippen molar-refractivity contribution >= 4 is 87.4 Å². The highest BCUT2D eigenvalue weighted by molar-refractivity contribution is 7.25. The molecule has 204 valence electrons. The van der Waals surface area contributed by atoms with Crippen molar-refractivity contribution < 1.29 is 4.42 Å². The number of allylic oxidation sites excluding steroid dienone is 1. The van der Waals surface area contributed by atoms with E-state index in [0.29, 0.717) is 5.71 Å². The number of benzene rings is 5. The number of para-hydroxylation sites is 2. The van der Waals surface area contributed by atoms with Crippen molar-refractivity contribution in [3.8, 4) is 5.69 Å². The molecular weight excluding hydrogens is 549 g/mol. The normalized spacial score (nSPS) is 14.2. The van der Waals surface area contributed by atoms with Gasteiger partial charge in [0.05, 0.1) is 16.9 Å². The molecule has 2 N–H and O–H groups in total. The van der Waals surface area contributed by atoms with Crippen molar-refractivity contribution in [2.75, 3.05) is 0 Å². The largest absolute Gasteiger partial charge is 0.456 e. The van der Waals surface area contributed by atoms with Crippen LogP contribution in [-0.4, -0.2) is 16.1 Å². The summed E-state index contributed by atoms with van der Waals surface area (Å²) in [4.78, 5) is 6.15. The van der Waals surface area contributed by atoms with Gasteiger partial charge in [-0.15, -0.1) is 11.3 Å². The highest BCUT2D eigenvalue weighted by atomic mass is 32.1. The Hall–Kier alpha value is -5.46. The number of amidine groups is 1. The van der Waals surface area contributed by atoms with Crippen LogP contribution < -0.4 is 5.32 Å². The van der Waals surface area contributed by atoms with Crippen LogP contribution in [0, 0.1) is 5.41 Å². The number of aromatic nitrogens is 1. The zero-order chi connectivity index (χ0) is 28.7. The summed E-state index contributed by atoms with van der Waals surface area (Å²) >= 11 is 1.82. The van der Waals surface area contributed by atoms with Gasteiger partial charge in [0.2, 0.25) is 0 Å². The molecule has 6 heteroatoms. The predicted molar refractivity (Wildman–Crippen MR) is 181 cm³/mol. The molecule has 0 spiro atoms. The molecule has 5 nitrogen and oxygen atoms in total. The van der Waals surface area contributed by atoms with Crippen molar-refractivity contribution in [3.63, 3.8) is 0 Å². The Kier molecular flexibility index (Phi) is 5.07. The van der Waals surface area contributed by atoms with Crippen LogP contribution >= 0.6 is 11.3 Å². The van der Waals surface area contributed by atoms with E-state index < -0.39 is 0 Å². The Morgan fingerprint density at radius 2 is 1.58 bits per heavy atom. The summed E-state index contributed by atoms with van der Waals surface area (Å²) in [6.07, 6.45) is 1.85. The minimum Gasteiger partial charge on any atom is -0.456 e. The van der Waals surface area contributed by atoms with E-state index in [2.05, 4.69) is 82.7 Å². The first-order valence-electron chi connectivity index (χ1n) is 14.2. The van der Waals surface area contributed by atoms with Gasteiger partial charge in [0.25, 0.3) is 0 Å². The minimum absolute atomic E-state index is 0.486. The maximum atomic E-state index is 8.04. The fourth-order valence-electron chi connectivity index (χ4n) is 6.34. The van der Waals surface area contributed by atoms with Crippen LogP contribution in [0.4, 0.5) is 5.69 Å². The molecule has 0 saturated heterocycles. The van der Waals surface area contributed by atoms with Crippen molar-refractivity contribution in [1.29, 1.82) is 5.41 Å². The van der Waals surface area contributed by atoms with Gasteiger partial charge in [0, 0.05) is 54.2 Å². The molecule has 1 aliphatic rings. The molecule has 9 rings (SSSR count). The lowest BCUT2D eigenvalue weighted by Crippen LogP contribution is -2.26. The van der Waals surface area contributed by atoms with E-state index in [9.17, 15) is 0 Å². The van der Waals surface area contributed by atoms with Gasteiger partial charge in [0.1, 0.15) is 21.8 Å². The van der Waals surface area contributed by atoms with Gasteiger partial charge in [-0.3, -0.25) is 0 Å². The molecule has 5 aromatic carbocycles. The average Bonchev–Trinajstić information content (AvgIpc) is 3.68. The number of furan rings is 1. The quantitative estimate of drug-likeness (QED) is 0.207. The van der Waals surface area contributed by atoms with Crippen LogP contribution in [0.5, 0.6) is 0 Å². The summed E-state index contributed by atoms with van der Waals surface area (Å²) in [6, 6.07) is 38.0. The Morgan fingerprint density at radius 3 is 2.44 bits per heavy atom. The molecule has 0 saturated carbocycles. The topological polar surface area (TPSA) is 66.3 Å². The van der Waals surface area contributed by atoms with E-state index in [0.717, 1.165) is 61.5 Å². The van der Waals surface area contributed by atoms with Gasteiger partial charge in [-0.2, -0.15) is 0 Å². The van der Waals surface area contributed by atoms with E-state index in [1.165, 1.54) is 25.7 Å². The smallest absolute Gasteiger partial charge is 0.138 e. The lowest BCUT2D eigenvalue weighted by Gasteiger charge is -2.21. The molecule has 3 aromatic heterocycles. The molecule has 0 aliphatic carbocycles. The van der Waals surface area contributed by atoms with Crippen LogP contribution in [0.2, 0.25) is 0 Å². The molecule has 1 aliphatic heterocycles. The zero-order valence-electron chi connectivity index (χ0n) is 23.2. The van der Waals surface area contributed by atoms with E-state index in [1.54, 1.807) is 6.92 Å². The monoisotopic (exact) mass is 572 g/mol. The molecular formula is C37H24N4OS. The second-order valence-electron chi connectivity index (χ2n) is 11.0. The summed E-state index contributed by atoms with van der Waals surface area (Å²) < 4.78 is 9.96. The number of nitrogens with zero attached hydrogens (tertiary/aromatic N) is 2. The second-order valence-corrected chi connectivity index (χ2v) is 12.0. The number of thiophene rings is 1. The third-order valence-electron chi connectivity index (χ3n) is 8.22. The third-order valence-corrected chi connectivity index (χ3v) is 9.38. The van der Waals surface area contributed by atoms with Crippen molar-refractivity contribution in [2.45, 2.75) is 6.92 Å². The second kappa shape index (κ2) is 9.02. The summed E-state index contributed by atoms with van der Waals surface area (Å²) in [6.45, 7) is 1.79. The first-order chi connectivity index (χ1) is 21.1. The van der Waals surface area contributed by atoms with Crippen molar-refractivity contribution in [3.05, 3.63) is 126 Å². The van der Waals surface area contributed by atoms with Crippen molar-refractivity contribution in [2.24, 2.45) is 4.99 Å². The van der Waals surface area contributed by atoms with E-state index in [1.807, 2.05) is 53.8 Å². The number of fused-ring (bicyclic) bond motifs is 9. The average molecular weight is 573 g/mol. The highest BCUT2D eigenvalue weighted by Crippen LogP contribution is 2.44. The van der Waals surface area contributed by atoms with Crippen molar-refractivity contribution in [1.82, 2.24) is 9.88 Å². The van der Waals surface area contributed by atoms with Crippen LogP contribution in [0.3, 0.4) is 0 Å². The molecule has 0 fully saturated rings. The first-order valence-corrected chi connectivity index (χ1v) is 15.0. The van der Waals surface area contributed by atoms with E-state index in [4.69, 9.17) is 14.8 Å². The van der Waals surface area contributed by atoms with Gasteiger partial charge in [0.15, 0.2) is 0 Å². The van der Waals surface area contributed by atoms with Gasteiger partial charge in [-0.05, 0) is 67.6 Å². The molecule has 0 amide bonds. The highest BCUT2D eigenvalue weighted by Gasteiger charge is 2.21. The molecule has 0 radical (unpaired) electrons. The third kappa shape index (κ3) is 3.63. The Bertz CT molecular complexity index is 2510. The maximum Gasteiger partial charge on any atom is 0.138 e. The minimum atomic E-state index is 0.486. The molecule has 4 heterocycles. The number of nitrogens with one attached hydrogen (secondary N) is 2. The number of rotatable bonds is 3. The van der Waals surface area contributed by atoms with Crippen LogP contribution in [0.1, 0.15) is 18.1 Å². The first kappa shape index (κ1) is 24.2. The lowest BCUT2D eigenvalue weighted by atomic mass is 10.0. The summed E-state index contributed by atoms with van der Waals surface area (Å²) in [5, 5.41) is 17.5. The Labute approximate surface area is 250 Å². The number of hydrogen-bond donors (Lipinski definition) is 2. The molecule has 0 unspecified atom stereocenters. The fourth-order valence-corrected chi connectivity index (χ4v) is 7.59. The molecule has 43 heavy (non-hydrogen) atoms. The standard InChI is InChI=1S/C37H24N4OS/c1-21(38)18-30-25-9-2-5-11-29(25)39-36(40-30)22-14-16-23(17-15-22)41-31-19-27-24-8-3-6-12-32(24)42-33(27)20-28(31)35-26-10-4-7-13-34(26)43-37(35)41/h2-20,38H,1H3,(H,39,40)/b30-18-,38-21?. The summed E-state index contributed by atoms with van der Waals surface area (Å²) in [5.41, 5.74) is 8.31. The Balaban J connectivity index is 1.25. The van der Waals surface area contributed by atoms with Gasteiger partial charge in [-0.1, -0.05) is 54.6 Å². The Morgan fingerprint density at radius 1 is 0.814 bits per heavy atom. The molecule has 0 bridgehead atoms. The van der Waals surface area contributed by atoms with Gasteiger partial charge < -0.3 is 19.7 Å². The molecule has 0 atom stereocenters. The lowest BCUT2D eigenvalue weighted by molar-refractivity contribution is 0.669. The maximum absolute atomic E-state index is 8.04. The van der Waals surface area contributed by atoms with Gasteiger partial charge in [-0.25, -0.2) is 4.99 Å². The van der Waals surface area contributed by atoms with Crippen LogP contribution in [0.15, 0.2) is 125 Å². The SMILES string of the molecule is CC(=N)/C=C1\NC(c2ccc(-n3c4cc5c(cc4c4c6ccccc6sc43)oc3ccccc35)cc2)=Nc2ccccc21. The van der Waals surface area contributed by atoms with Crippen LogP contribution in [-0.2, 0) is 0 Å². The van der Waals surface area contributed by atoms with Crippen LogP contribution in [0.25, 0.3) is 64.5 Å². The van der Waals surface area contributed by atoms with E-state index >= 15 is 0 Å². The predicted octanol–water partition coefficient (Wildman–Crippen LogP) is 9.96. The number of hydrogen-bond acceptors (Lipinski definition) is 5. The van der Waals surface area contributed by atoms with Gasteiger partial charge >= 0.3 is 0 Å².